The number of aryl methyl sites for hydroxylation is 2. The van der Waals surface area contributed by atoms with Crippen LogP contribution in [0.25, 0.3) is 0 Å². The van der Waals surface area contributed by atoms with E-state index in [9.17, 15) is 9.59 Å². The average molecular weight is 435 g/mol. The minimum absolute atomic E-state index is 0.0200. The first-order valence-electron chi connectivity index (χ1n) is 10.5. The number of carbonyl (C=O) groups excluding carboxylic acids is 2. The molecular formula is C24H26N4O2S. The molecule has 4 rings (SSSR count). The molecule has 1 aliphatic rings. The fourth-order valence-electron chi connectivity index (χ4n) is 3.92. The molecule has 6 nitrogen and oxygen atoms in total. The molecule has 2 amide bonds. The molecule has 1 aromatic heterocycles. The van der Waals surface area contributed by atoms with Crippen molar-refractivity contribution in [3.05, 3.63) is 70.2 Å². The first-order chi connectivity index (χ1) is 15.0. The molecule has 160 valence electrons. The van der Waals surface area contributed by atoms with Crippen LogP contribution in [0.3, 0.4) is 0 Å². The van der Waals surface area contributed by atoms with E-state index in [1.165, 1.54) is 22.5 Å². The lowest BCUT2D eigenvalue weighted by Crippen LogP contribution is -2.24. The third kappa shape index (κ3) is 4.51. The lowest BCUT2D eigenvalue weighted by molar-refractivity contribution is -0.118. The normalized spacial score (nSPS) is 17.1. The lowest BCUT2D eigenvalue weighted by atomic mass is 9.96. The molecule has 7 heteroatoms. The van der Waals surface area contributed by atoms with E-state index in [2.05, 4.69) is 35.4 Å². The number of aromatic nitrogens is 2. The monoisotopic (exact) mass is 434 g/mol. The molecule has 2 unspecified atom stereocenters. The van der Waals surface area contributed by atoms with Crippen LogP contribution in [0.4, 0.5) is 10.8 Å². The quantitative estimate of drug-likeness (QED) is 0.604. The third-order valence-corrected chi connectivity index (χ3v) is 6.88. The van der Waals surface area contributed by atoms with Crippen LogP contribution in [0, 0.1) is 13.8 Å². The van der Waals surface area contributed by atoms with Gasteiger partial charge in [-0.1, -0.05) is 54.7 Å². The zero-order valence-corrected chi connectivity index (χ0v) is 18.8. The maximum Gasteiger partial charge on any atom is 0.233 e. The van der Waals surface area contributed by atoms with Crippen molar-refractivity contribution in [3.8, 4) is 0 Å². The Balaban J connectivity index is 1.44. The molecule has 1 saturated heterocycles. The van der Waals surface area contributed by atoms with Gasteiger partial charge in [-0.2, -0.15) is 0 Å². The van der Waals surface area contributed by atoms with Gasteiger partial charge in [-0.15, -0.1) is 10.2 Å². The SMILES string of the molecule is CCC(C(=O)Nc1nnc(C2CC(=O)N(c3ccc(C)c(C)c3)C2)s1)c1ccccc1. The molecule has 1 fully saturated rings. The molecular weight excluding hydrogens is 408 g/mol. The number of anilines is 2. The molecule has 1 aliphatic heterocycles. The van der Waals surface area contributed by atoms with E-state index in [0.29, 0.717) is 24.5 Å². The molecule has 31 heavy (non-hydrogen) atoms. The average Bonchev–Trinajstić information content (AvgIpc) is 3.38. The maximum absolute atomic E-state index is 12.8. The van der Waals surface area contributed by atoms with E-state index in [1.54, 1.807) is 0 Å². The molecule has 0 bridgehead atoms. The van der Waals surface area contributed by atoms with E-state index < -0.39 is 0 Å². The second-order valence-corrected chi connectivity index (χ2v) is 8.99. The summed E-state index contributed by atoms with van der Waals surface area (Å²) in [6.07, 6.45) is 1.10. The minimum atomic E-state index is -0.234. The van der Waals surface area contributed by atoms with Crippen LogP contribution in [-0.4, -0.2) is 28.6 Å². The van der Waals surface area contributed by atoms with Crippen molar-refractivity contribution in [3.63, 3.8) is 0 Å². The summed E-state index contributed by atoms with van der Waals surface area (Å²) >= 11 is 1.35. The van der Waals surface area contributed by atoms with Crippen LogP contribution in [0.15, 0.2) is 48.5 Å². The molecule has 1 N–H and O–H groups in total. The molecule has 2 heterocycles. The molecule has 0 spiro atoms. The van der Waals surface area contributed by atoms with Crippen LogP contribution < -0.4 is 10.2 Å². The van der Waals surface area contributed by atoms with E-state index >= 15 is 0 Å². The van der Waals surface area contributed by atoms with Crippen molar-refractivity contribution in [2.45, 2.75) is 45.4 Å². The number of benzene rings is 2. The Labute approximate surface area is 186 Å². The molecule has 0 radical (unpaired) electrons. The Morgan fingerprint density at radius 3 is 2.65 bits per heavy atom. The van der Waals surface area contributed by atoms with Crippen LogP contribution in [0.1, 0.15) is 53.3 Å². The van der Waals surface area contributed by atoms with Gasteiger partial charge in [0, 0.05) is 24.6 Å². The van der Waals surface area contributed by atoms with Gasteiger partial charge in [-0.3, -0.25) is 14.9 Å². The highest BCUT2D eigenvalue weighted by Crippen LogP contribution is 2.35. The number of hydrogen-bond donors (Lipinski definition) is 1. The first-order valence-corrected chi connectivity index (χ1v) is 11.3. The smallest absolute Gasteiger partial charge is 0.233 e. The minimum Gasteiger partial charge on any atom is -0.312 e. The summed E-state index contributed by atoms with van der Waals surface area (Å²) in [5, 5.41) is 12.6. The Morgan fingerprint density at radius 2 is 1.94 bits per heavy atom. The van der Waals surface area contributed by atoms with E-state index in [0.717, 1.165) is 16.3 Å². The summed E-state index contributed by atoms with van der Waals surface area (Å²) < 4.78 is 0. The standard InChI is InChI=1S/C24H26N4O2S/c1-4-20(17-8-6-5-7-9-17)22(30)25-24-27-26-23(31-24)18-13-21(29)28(14-18)19-11-10-15(2)16(3)12-19/h5-12,18,20H,4,13-14H2,1-3H3,(H,25,27,30). The van der Waals surface area contributed by atoms with Gasteiger partial charge >= 0.3 is 0 Å². The van der Waals surface area contributed by atoms with Crippen molar-refractivity contribution in [1.82, 2.24) is 10.2 Å². The van der Waals surface area contributed by atoms with Gasteiger partial charge in [-0.05, 0) is 49.1 Å². The number of nitrogens with one attached hydrogen (secondary N) is 1. The largest absolute Gasteiger partial charge is 0.312 e. The number of carbonyl (C=O) groups is 2. The Hall–Kier alpha value is -3.06. The van der Waals surface area contributed by atoms with Gasteiger partial charge in [0.25, 0.3) is 0 Å². The Bertz CT molecular complexity index is 1100. The fourth-order valence-corrected chi connectivity index (χ4v) is 4.75. The highest BCUT2D eigenvalue weighted by Gasteiger charge is 2.34. The van der Waals surface area contributed by atoms with Gasteiger partial charge in [0.05, 0.1) is 5.92 Å². The van der Waals surface area contributed by atoms with Gasteiger partial charge in [0.1, 0.15) is 5.01 Å². The van der Waals surface area contributed by atoms with Crippen molar-refractivity contribution >= 4 is 34.0 Å². The Morgan fingerprint density at radius 1 is 1.16 bits per heavy atom. The molecule has 3 aromatic rings. The van der Waals surface area contributed by atoms with E-state index in [-0.39, 0.29) is 23.7 Å². The van der Waals surface area contributed by atoms with Gasteiger partial charge < -0.3 is 4.90 Å². The zero-order valence-electron chi connectivity index (χ0n) is 18.0. The molecule has 2 atom stereocenters. The zero-order chi connectivity index (χ0) is 22.0. The second-order valence-electron chi connectivity index (χ2n) is 7.98. The van der Waals surface area contributed by atoms with E-state index in [1.807, 2.05) is 54.3 Å². The highest BCUT2D eigenvalue weighted by molar-refractivity contribution is 7.15. The predicted octanol–water partition coefficient (Wildman–Crippen LogP) is 4.81. The number of amides is 2. The summed E-state index contributed by atoms with van der Waals surface area (Å²) in [6, 6.07) is 15.8. The van der Waals surface area contributed by atoms with Crippen molar-refractivity contribution in [1.29, 1.82) is 0 Å². The van der Waals surface area contributed by atoms with Gasteiger partial charge in [0.15, 0.2) is 0 Å². The highest BCUT2D eigenvalue weighted by atomic mass is 32.1. The van der Waals surface area contributed by atoms with Crippen molar-refractivity contribution in [2.24, 2.45) is 0 Å². The van der Waals surface area contributed by atoms with Crippen LogP contribution in [0.2, 0.25) is 0 Å². The summed E-state index contributed by atoms with van der Waals surface area (Å²) in [4.78, 5) is 27.2. The summed E-state index contributed by atoms with van der Waals surface area (Å²) in [6.45, 7) is 6.68. The first kappa shape index (κ1) is 21.2. The van der Waals surface area contributed by atoms with Gasteiger partial charge in [-0.25, -0.2) is 0 Å². The lowest BCUT2D eigenvalue weighted by Gasteiger charge is -2.17. The number of nitrogens with zero attached hydrogens (tertiary/aromatic N) is 3. The number of rotatable bonds is 6. The summed E-state index contributed by atoms with van der Waals surface area (Å²) in [7, 11) is 0. The molecule has 2 aromatic carbocycles. The second kappa shape index (κ2) is 8.98. The van der Waals surface area contributed by atoms with Crippen molar-refractivity contribution < 1.29 is 9.59 Å². The third-order valence-electron chi connectivity index (χ3n) is 5.87. The summed E-state index contributed by atoms with van der Waals surface area (Å²) in [5.41, 5.74) is 4.27. The van der Waals surface area contributed by atoms with Crippen LogP contribution >= 0.6 is 11.3 Å². The van der Waals surface area contributed by atoms with E-state index in [4.69, 9.17) is 0 Å². The Kier molecular flexibility index (Phi) is 6.13. The van der Waals surface area contributed by atoms with Crippen LogP contribution in [-0.2, 0) is 9.59 Å². The molecule has 0 aliphatic carbocycles. The van der Waals surface area contributed by atoms with Crippen molar-refractivity contribution in [2.75, 3.05) is 16.8 Å². The molecule has 0 saturated carbocycles. The maximum atomic E-state index is 12.8. The summed E-state index contributed by atoms with van der Waals surface area (Å²) in [5.74, 6) is -0.255. The topological polar surface area (TPSA) is 75.2 Å². The fraction of sp³-hybridized carbons (Fsp3) is 0.333. The predicted molar refractivity (Wildman–Crippen MR) is 124 cm³/mol. The van der Waals surface area contributed by atoms with Gasteiger partial charge in [0.2, 0.25) is 16.9 Å². The van der Waals surface area contributed by atoms with Crippen LogP contribution in [0.5, 0.6) is 0 Å². The number of hydrogen-bond acceptors (Lipinski definition) is 5.